The lowest BCUT2D eigenvalue weighted by atomic mass is 10.1. The average molecular weight is 299 g/mol. The summed E-state index contributed by atoms with van der Waals surface area (Å²) in [5, 5.41) is 7.17. The highest BCUT2D eigenvalue weighted by Crippen LogP contribution is 2.17. The van der Waals surface area contributed by atoms with Crippen molar-refractivity contribution in [2.45, 2.75) is 19.8 Å². The van der Waals surface area contributed by atoms with Crippen LogP contribution in [0.2, 0.25) is 0 Å². The van der Waals surface area contributed by atoms with Gasteiger partial charge in [0.05, 0.1) is 11.4 Å². The number of amides is 1. The van der Waals surface area contributed by atoms with Crippen LogP contribution in [0.3, 0.4) is 0 Å². The number of hydrogen-bond acceptors (Lipinski definition) is 3. The van der Waals surface area contributed by atoms with Crippen LogP contribution in [0.1, 0.15) is 16.3 Å². The van der Waals surface area contributed by atoms with Crippen molar-refractivity contribution >= 4 is 28.1 Å². The molecule has 2 aromatic heterocycles. The predicted octanol–water partition coefficient (Wildman–Crippen LogP) is 2.83. The van der Waals surface area contributed by atoms with Gasteiger partial charge in [0.2, 0.25) is 5.91 Å². The van der Waals surface area contributed by atoms with Gasteiger partial charge in [-0.1, -0.05) is 18.2 Å². The molecule has 4 nitrogen and oxygen atoms in total. The van der Waals surface area contributed by atoms with E-state index in [0.717, 1.165) is 33.6 Å². The molecule has 108 valence electrons. The monoisotopic (exact) mass is 299 g/mol. The summed E-state index contributed by atoms with van der Waals surface area (Å²) in [4.78, 5) is 19.6. The quantitative estimate of drug-likeness (QED) is 0.761. The van der Waals surface area contributed by atoms with E-state index in [1.165, 1.54) is 0 Å². The maximum absolute atomic E-state index is 12.0. The second kappa shape index (κ2) is 6.10. The molecule has 2 heterocycles. The highest BCUT2D eigenvalue weighted by Gasteiger charge is 2.08. The lowest BCUT2D eigenvalue weighted by Crippen LogP contribution is -2.27. The lowest BCUT2D eigenvalue weighted by Gasteiger charge is -2.03. The van der Waals surface area contributed by atoms with Crippen LogP contribution in [-0.4, -0.2) is 22.4 Å². The largest absolute Gasteiger partial charge is 0.361 e. The maximum atomic E-state index is 12.0. The number of nitrogens with one attached hydrogen (secondary N) is 2. The molecule has 0 fully saturated rings. The maximum Gasteiger partial charge on any atom is 0.224 e. The van der Waals surface area contributed by atoms with Gasteiger partial charge < -0.3 is 10.3 Å². The number of aryl methyl sites for hydroxylation is 1. The van der Waals surface area contributed by atoms with Gasteiger partial charge in [0.15, 0.2) is 0 Å². The van der Waals surface area contributed by atoms with Crippen LogP contribution >= 0.6 is 11.3 Å². The minimum absolute atomic E-state index is 0.0491. The van der Waals surface area contributed by atoms with E-state index < -0.39 is 0 Å². The number of fused-ring (bicyclic) bond motifs is 1. The Bertz CT molecular complexity index is 760. The second-order valence-corrected chi connectivity index (χ2v) is 5.96. The molecule has 5 heteroatoms. The van der Waals surface area contributed by atoms with E-state index in [2.05, 4.69) is 15.3 Å². The molecule has 0 aliphatic heterocycles. The third-order valence-corrected chi connectivity index (χ3v) is 4.38. The number of H-pyrrole nitrogens is 1. The topological polar surface area (TPSA) is 57.8 Å². The first kappa shape index (κ1) is 13.8. The zero-order valence-corrected chi connectivity index (χ0v) is 12.7. The van der Waals surface area contributed by atoms with E-state index in [1.807, 2.05) is 42.8 Å². The molecule has 0 spiro atoms. The molecule has 0 aliphatic rings. The normalized spacial score (nSPS) is 10.9. The summed E-state index contributed by atoms with van der Waals surface area (Å²) in [5.74, 6) is 0.0491. The Hall–Kier alpha value is -2.14. The Morgan fingerprint density at radius 1 is 1.38 bits per heavy atom. The van der Waals surface area contributed by atoms with Crippen molar-refractivity contribution < 1.29 is 4.79 Å². The number of hydrogen-bond donors (Lipinski definition) is 2. The van der Waals surface area contributed by atoms with Crippen molar-refractivity contribution in [2.24, 2.45) is 0 Å². The van der Waals surface area contributed by atoms with Gasteiger partial charge >= 0.3 is 0 Å². The molecule has 0 unspecified atom stereocenters. The van der Waals surface area contributed by atoms with Gasteiger partial charge in [0, 0.05) is 41.1 Å². The summed E-state index contributed by atoms with van der Waals surface area (Å²) in [6, 6.07) is 8.02. The summed E-state index contributed by atoms with van der Waals surface area (Å²) < 4.78 is 0. The fourth-order valence-corrected chi connectivity index (χ4v) is 3.12. The van der Waals surface area contributed by atoms with Gasteiger partial charge in [-0.15, -0.1) is 11.3 Å². The first-order chi connectivity index (χ1) is 10.2. The molecular weight excluding hydrogens is 282 g/mol. The first-order valence-electron chi connectivity index (χ1n) is 6.95. The number of aromatic nitrogens is 2. The molecule has 0 bridgehead atoms. The number of thiazole rings is 1. The van der Waals surface area contributed by atoms with Gasteiger partial charge in [0.1, 0.15) is 0 Å². The fraction of sp³-hybridized carbons (Fsp3) is 0.250. The van der Waals surface area contributed by atoms with Crippen molar-refractivity contribution in [1.82, 2.24) is 15.3 Å². The van der Waals surface area contributed by atoms with Crippen molar-refractivity contribution in [2.75, 3.05) is 6.54 Å². The van der Waals surface area contributed by atoms with E-state index in [0.29, 0.717) is 13.0 Å². The van der Waals surface area contributed by atoms with E-state index in [-0.39, 0.29) is 5.91 Å². The summed E-state index contributed by atoms with van der Waals surface area (Å²) in [6.07, 6.45) is 3.10. The smallest absolute Gasteiger partial charge is 0.224 e. The summed E-state index contributed by atoms with van der Waals surface area (Å²) in [6.45, 7) is 2.61. The molecule has 21 heavy (non-hydrogen) atoms. The molecule has 1 amide bonds. The minimum Gasteiger partial charge on any atom is -0.361 e. The average Bonchev–Trinajstić information content (AvgIpc) is 3.06. The zero-order chi connectivity index (χ0) is 14.7. The number of para-hydroxylation sites is 1. The van der Waals surface area contributed by atoms with Crippen LogP contribution in [0.5, 0.6) is 0 Å². The summed E-state index contributed by atoms with van der Waals surface area (Å²) in [7, 11) is 0. The number of carbonyl (C=O) groups is 1. The molecule has 3 rings (SSSR count). The molecular formula is C16H17N3OS. The number of benzene rings is 1. The summed E-state index contributed by atoms with van der Waals surface area (Å²) >= 11 is 1.64. The third-order valence-electron chi connectivity index (χ3n) is 3.35. The predicted molar refractivity (Wildman–Crippen MR) is 85.6 cm³/mol. The second-order valence-electron chi connectivity index (χ2n) is 5.02. The van der Waals surface area contributed by atoms with Gasteiger partial charge in [-0.2, -0.15) is 0 Å². The standard InChI is InChI=1S/C16H17N3OS/c1-11-10-21-16(19-11)6-7-17-15(20)8-12-9-18-14-5-3-2-4-13(12)14/h2-5,9-10,18H,6-8H2,1H3,(H,17,20). The fourth-order valence-electron chi connectivity index (χ4n) is 2.34. The highest BCUT2D eigenvalue weighted by atomic mass is 32.1. The number of aromatic amines is 1. The number of carbonyl (C=O) groups excluding carboxylic acids is 1. The molecule has 0 saturated carbocycles. The number of rotatable bonds is 5. The van der Waals surface area contributed by atoms with Gasteiger partial charge in [-0.3, -0.25) is 4.79 Å². The van der Waals surface area contributed by atoms with Crippen molar-refractivity contribution in [3.05, 3.63) is 52.1 Å². The Kier molecular flexibility index (Phi) is 4.01. The van der Waals surface area contributed by atoms with E-state index in [1.54, 1.807) is 11.3 Å². The Morgan fingerprint density at radius 2 is 2.24 bits per heavy atom. The van der Waals surface area contributed by atoms with E-state index >= 15 is 0 Å². The van der Waals surface area contributed by atoms with Crippen molar-refractivity contribution in [3.63, 3.8) is 0 Å². The Labute approximate surface area is 127 Å². The number of nitrogens with zero attached hydrogens (tertiary/aromatic N) is 1. The molecule has 0 saturated heterocycles. The minimum atomic E-state index is 0.0491. The van der Waals surface area contributed by atoms with Crippen LogP contribution in [-0.2, 0) is 17.6 Å². The van der Waals surface area contributed by atoms with Gasteiger partial charge in [0.25, 0.3) is 0 Å². The van der Waals surface area contributed by atoms with Gasteiger partial charge in [-0.25, -0.2) is 4.98 Å². The highest BCUT2D eigenvalue weighted by molar-refractivity contribution is 7.09. The molecule has 3 aromatic rings. The van der Waals surface area contributed by atoms with Gasteiger partial charge in [-0.05, 0) is 18.6 Å². The third kappa shape index (κ3) is 3.31. The van der Waals surface area contributed by atoms with Crippen LogP contribution in [0.4, 0.5) is 0 Å². The molecule has 0 radical (unpaired) electrons. The van der Waals surface area contributed by atoms with Crippen molar-refractivity contribution in [3.8, 4) is 0 Å². The van der Waals surface area contributed by atoms with Crippen LogP contribution < -0.4 is 5.32 Å². The SMILES string of the molecule is Cc1csc(CCNC(=O)Cc2c[nH]c3ccccc23)n1. The van der Waals surface area contributed by atoms with Crippen LogP contribution in [0.15, 0.2) is 35.8 Å². The van der Waals surface area contributed by atoms with Crippen molar-refractivity contribution in [1.29, 1.82) is 0 Å². The first-order valence-corrected chi connectivity index (χ1v) is 7.83. The molecule has 2 N–H and O–H groups in total. The molecule has 1 aromatic carbocycles. The summed E-state index contributed by atoms with van der Waals surface area (Å²) in [5.41, 5.74) is 3.15. The zero-order valence-electron chi connectivity index (χ0n) is 11.8. The lowest BCUT2D eigenvalue weighted by molar-refractivity contribution is -0.120. The van der Waals surface area contributed by atoms with Crippen LogP contribution in [0.25, 0.3) is 10.9 Å². The Balaban J connectivity index is 1.54. The van der Waals surface area contributed by atoms with E-state index in [9.17, 15) is 4.79 Å². The van der Waals surface area contributed by atoms with E-state index in [4.69, 9.17) is 0 Å². The molecule has 0 atom stereocenters. The molecule has 0 aliphatic carbocycles. The Morgan fingerprint density at radius 3 is 3.05 bits per heavy atom. The van der Waals surface area contributed by atoms with Crippen LogP contribution in [0, 0.1) is 6.92 Å².